The first kappa shape index (κ1) is 20.5. The number of carbonyl (C=O) groups excluding carboxylic acids is 2. The van der Waals surface area contributed by atoms with Gasteiger partial charge >= 0.3 is 0 Å². The second-order valence-corrected chi connectivity index (χ2v) is 7.97. The molecule has 0 unspecified atom stereocenters. The molecule has 1 fully saturated rings. The van der Waals surface area contributed by atoms with Crippen molar-refractivity contribution in [2.24, 2.45) is 5.92 Å². The average Bonchev–Trinajstić information content (AvgIpc) is 2.66. The summed E-state index contributed by atoms with van der Waals surface area (Å²) < 4.78 is 13.9. The highest BCUT2D eigenvalue weighted by Crippen LogP contribution is 2.23. The zero-order valence-electron chi connectivity index (χ0n) is 15.7. The SMILES string of the molecule is Cc1cc(Br)ccc1NC(=O)C1CCN(CC(=O)Nc2ccc(F)cc2)CC1. The summed E-state index contributed by atoms with van der Waals surface area (Å²) in [5.74, 6) is -0.503. The average molecular weight is 448 g/mol. The number of likely N-dealkylation sites (tertiary alicyclic amines) is 1. The minimum absolute atomic E-state index is 0.0286. The van der Waals surface area contributed by atoms with Crippen LogP contribution in [0, 0.1) is 18.7 Å². The predicted octanol–water partition coefficient (Wildman–Crippen LogP) is 4.19. The fourth-order valence-corrected chi connectivity index (χ4v) is 3.77. The Bertz CT molecular complexity index is 849. The Kier molecular flexibility index (Phi) is 6.80. The third kappa shape index (κ3) is 5.62. The van der Waals surface area contributed by atoms with Gasteiger partial charge in [0.05, 0.1) is 6.54 Å². The highest BCUT2D eigenvalue weighted by Gasteiger charge is 2.26. The Morgan fingerprint density at radius 3 is 2.43 bits per heavy atom. The number of anilines is 2. The Hall–Kier alpha value is -2.25. The van der Waals surface area contributed by atoms with Crippen molar-refractivity contribution in [3.8, 4) is 0 Å². The van der Waals surface area contributed by atoms with Crippen molar-refractivity contribution >= 4 is 39.1 Å². The minimum Gasteiger partial charge on any atom is -0.326 e. The second kappa shape index (κ2) is 9.30. The molecule has 1 aliphatic heterocycles. The zero-order chi connectivity index (χ0) is 20.1. The van der Waals surface area contributed by atoms with Crippen molar-refractivity contribution < 1.29 is 14.0 Å². The van der Waals surface area contributed by atoms with Gasteiger partial charge in [-0.3, -0.25) is 14.5 Å². The van der Waals surface area contributed by atoms with E-state index in [4.69, 9.17) is 0 Å². The number of piperidine rings is 1. The van der Waals surface area contributed by atoms with Gasteiger partial charge in [-0.1, -0.05) is 15.9 Å². The number of nitrogens with one attached hydrogen (secondary N) is 2. The molecule has 2 aromatic carbocycles. The van der Waals surface area contributed by atoms with E-state index in [0.29, 0.717) is 31.6 Å². The summed E-state index contributed by atoms with van der Waals surface area (Å²) in [6.07, 6.45) is 1.43. The van der Waals surface area contributed by atoms with Gasteiger partial charge < -0.3 is 10.6 Å². The molecule has 0 bridgehead atoms. The predicted molar refractivity (Wildman–Crippen MR) is 112 cm³/mol. The van der Waals surface area contributed by atoms with E-state index in [2.05, 4.69) is 26.6 Å². The van der Waals surface area contributed by atoms with Crippen LogP contribution in [0.1, 0.15) is 18.4 Å². The number of rotatable bonds is 5. The summed E-state index contributed by atoms with van der Waals surface area (Å²) in [5, 5.41) is 5.78. The van der Waals surface area contributed by atoms with Crippen molar-refractivity contribution in [1.29, 1.82) is 0 Å². The van der Waals surface area contributed by atoms with Crippen LogP contribution in [0.5, 0.6) is 0 Å². The summed E-state index contributed by atoms with van der Waals surface area (Å²) in [6, 6.07) is 11.5. The number of aryl methyl sites for hydroxylation is 1. The molecule has 3 rings (SSSR count). The molecular formula is C21H23BrFN3O2. The second-order valence-electron chi connectivity index (χ2n) is 7.05. The van der Waals surface area contributed by atoms with Crippen LogP contribution >= 0.6 is 15.9 Å². The van der Waals surface area contributed by atoms with E-state index in [1.54, 1.807) is 0 Å². The maximum absolute atomic E-state index is 12.9. The number of hydrogen-bond donors (Lipinski definition) is 2. The summed E-state index contributed by atoms with van der Waals surface area (Å²) >= 11 is 3.42. The molecule has 0 atom stereocenters. The molecule has 1 aliphatic rings. The lowest BCUT2D eigenvalue weighted by Gasteiger charge is -2.30. The van der Waals surface area contributed by atoms with Crippen LogP contribution in [-0.4, -0.2) is 36.3 Å². The van der Waals surface area contributed by atoms with Gasteiger partial charge in [-0.25, -0.2) is 4.39 Å². The quantitative estimate of drug-likeness (QED) is 0.722. The maximum atomic E-state index is 12.9. The molecule has 148 valence electrons. The first-order chi connectivity index (χ1) is 13.4. The standard InChI is InChI=1S/C21H23BrFN3O2/c1-14-12-16(22)2-7-19(14)25-21(28)15-8-10-26(11-9-15)13-20(27)24-18-5-3-17(23)4-6-18/h2-7,12,15H,8-11,13H2,1H3,(H,24,27)(H,25,28). The largest absolute Gasteiger partial charge is 0.326 e. The number of amides is 2. The van der Waals surface area contributed by atoms with E-state index in [-0.39, 0.29) is 30.1 Å². The van der Waals surface area contributed by atoms with E-state index in [1.807, 2.05) is 30.0 Å². The van der Waals surface area contributed by atoms with Gasteiger partial charge in [0.15, 0.2) is 0 Å². The van der Waals surface area contributed by atoms with Gasteiger partial charge in [0.2, 0.25) is 11.8 Å². The lowest BCUT2D eigenvalue weighted by Crippen LogP contribution is -2.41. The fraction of sp³-hybridized carbons (Fsp3) is 0.333. The number of halogens is 2. The van der Waals surface area contributed by atoms with Gasteiger partial charge in [0.25, 0.3) is 0 Å². The first-order valence-corrected chi connectivity index (χ1v) is 10.0. The van der Waals surface area contributed by atoms with Crippen LogP contribution in [0.2, 0.25) is 0 Å². The molecule has 2 aromatic rings. The number of nitrogens with zero attached hydrogens (tertiary/aromatic N) is 1. The molecule has 28 heavy (non-hydrogen) atoms. The highest BCUT2D eigenvalue weighted by atomic mass is 79.9. The van der Waals surface area contributed by atoms with Crippen LogP contribution in [0.25, 0.3) is 0 Å². The summed E-state index contributed by atoms with van der Waals surface area (Å²) in [7, 11) is 0. The van der Waals surface area contributed by atoms with E-state index >= 15 is 0 Å². The molecule has 2 N–H and O–H groups in total. The summed E-state index contributed by atoms with van der Waals surface area (Å²) in [5.41, 5.74) is 2.41. The maximum Gasteiger partial charge on any atom is 0.238 e. The molecule has 0 radical (unpaired) electrons. The van der Waals surface area contributed by atoms with Gasteiger partial charge in [-0.15, -0.1) is 0 Å². The number of benzene rings is 2. The Morgan fingerprint density at radius 2 is 1.79 bits per heavy atom. The van der Waals surface area contributed by atoms with Crippen molar-refractivity contribution in [2.75, 3.05) is 30.3 Å². The normalized spacial score (nSPS) is 15.2. The van der Waals surface area contributed by atoms with Crippen LogP contribution in [0.3, 0.4) is 0 Å². The monoisotopic (exact) mass is 447 g/mol. The van der Waals surface area contributed by atoms with E-state index < -0.39 is 0 Å². The molecule has 5 nitrogen and oxygen atoms in total. The van der Waals surface area contributed by atoms with E-state index in [1.165, 1.54) is 24.3 Å². The Balaban J connectivity index is 1.45. The Labute approximate surface area is 172 Å². The van der Waals surface area contributed by atoms with Crippen LogP contribution in [0.15, 0.2) is 46.9 Å². The zero-order valence-corrected chi connectivity index (χ0v) is 17.3. The topological polar surface area (TPSA) is 61.4 Å². The fourth-order valence-electron chi connectivity index (χ4n) is 3.29. The van der Waals surface area contributed by atoms with E-state index in [0.717, 1.165) is 15.7 Å². The summed E-state index contributed by atoms with van der Waals surface area (Å²) in [6.45, 7) is 3.60. The molecule has 0 aromatic heterocycles. The third-order valence-electron chi connectivity index (χ3n) is 4.90. The first-order valence-electron chi connectivity index (χ1n) is 9.25. The molecule has 0 spiro atoms. The van der Waals surface area contributed by atoms with Gasteiger partial charge in [-0.2, -0.15) is 0 Å². The third-order valence-corrected chi connectivity index (χ3v) is 5.39. The van der Waals surface area contributed by atoms with Crippen LogP contribution in [0.4, 0.5) is 15.8 Å². The molecule has 1 heterocycles. The highest BCUT2D eigenvalue weighted by molar-refractivity contribution is 9.10. The molecule has 0 aliphatic carbocycles. The number of hydrogen-bond acceptors (Lipinski definition) is 3. The molecule has 1 saturated heterocycles. The van der Waals surface area contributed by atoms with Crippen molar-refractivity contribution in [2.45, 2.75) is 19.8 Å². The lowest BCUT2D eigenvalue weighted by molar-refractivity contribution is -0.121. The number of carbonyl (C=O) groups is 2. The van der Waals surface area contributed by atoms with Gasteiger partial charge in [0.1, 0.15) is 5.82 Å². The van der Waals surface area contributed by atoms with Crippen molar-refractivity contribution in [1.82, 2.24) is 4.90 Å². The minimum atomic E-state index is -0.336. The van der Waals surface area contributed by atoms with Crippen LogP contribution in [-0.2, 0) is 9.59 Å². The van der Waals surface area contributed by atoms with E-state index in [9.17, 15) is 14.0 Å². The smallest absolute Gasteiger partial charge is 0.238 e. The Morgan fingerprint density at radius 1 is 1.11 bits per heavy atom. The van der Waals surface area contributed by atoms with Crippen LogP contribution < -0.4 is 10.6 Å². The summed E-state index contributed by atoms with van der Waals surface area (Å²) in [4.78, 5) is 26.7. The van der Waals surface area contributed by atoms with Crippen molar-refractivity contribution in [3.63, 3.8) is 0 Å². The van der Waals surface area contributed by atoms with Gasteiger partial charge in [-0.05, 0) is 80.9 Å². The molecule has 2 amide bonds. The lowest BCUT2D eigenvalue weighted by atomic mass is 9.95. The molecule has 7 heteroatoms. The molecular weight excluding hydrogens is 425 g/mol. The van der Waals surface area contributed by atoms with Gasteiger partial charge in [0, 0.05) is 21.8 Å². The van der Waals surface area contributed by atoms with Crippen molar-refractivity contribution in [3.05, 3.63) is 58.3 Å². The molecule has 0 saturated carbocycles.